The lowest BCUT2D eigenvalue weighted by Crippen LogP contribution is -2.03. The number of nitrogens with zero attached hydrogens (tertiary/aromatic N) is 1. The number of aliphatic carboxylic acids is 1. The van der Waals surface area contributed by atoms with Crippen LogP contribution in [0.15, 0.2) is 16.6 Å². The monoisotopic (exact) mass is 254 g/mol. The molecule has 0 fully saturated rings. The van der Waals surface area contributed by atoms with Gasteiger partial charge in [0.25, 0.3) is 0 Å². The van der Waals surface area contributed by atoms with Crippen LogP contribution in [0.1, 0.15) is 11.1 Å². The van der Waals surface area contributed by atoms with Crippen LogP contribution >= 0.6 is 15.9 Å². The summed E-state index contributed by atoms with van der Waals surface area (Å²) in [6, 6.07) is 4.92. The number of hydrogen-bond acceptors (Lipinski definition) is 3. The Morgan fingerprint density at radius 3 is 2.79 bits per heavy atom. The summed E-state index contributed by atoms with van der Waals surface area (Å²) in [6.45, 7) is 0. The molecule has 3 N–H and O–H groups in total. The number of nitriles is 1. The van der Waals surface area contributed by atoms with E-state index in [1.807, 2.05) is 6.07 Å². The minimum Gasteiger partial charge on any atom is -0.481 e. The van der Waals surface area contributed by atoms with E-state index < -0.39 is 5.97 Å². The molecular formula is C9H7BrN2O2. The van der Waals surface area contributed by atoms with E-state index in [0.717, 1.165) is 0 Å². The van der Waals surface area contributed by atoms with Gasteiger partial charge in [0.15, 0.2) is 0 Å². The Bertz CT molecular complexity index is 424. The summed E-state index contributed by atoms with van der Waals surface area (Å²) in [6.07, 6.45) is -0.179. The highest BCUT2D eigenvalue weighted by molar-refractivity contribution is 9.10. The first-order valence-corrected chi connectivity index (χ1v) is 4.53. The van der Waals surface area contributed by atoms with Crippen molar-refractivity contribution in [3.8, 4) is 6.07 Å². The molecule has 0 amide bonds. The smallest absolute Gasteiger partial charge is 0.307 e. The highest BCUT2D eigenvalue weighted by Crippen LogP contribution is 2.24. The molecule has 0 spiro atoms. The van der Waals surface area contributed by atoms with E-state index in [2.05, 4.69) is 15.9 Å². The number of carbonyl (C=O) groups is 1. The highest BCUT2D eigenvalue weighted by atomic mass is 79.9. The van der Waals surface area contributed by atoms with Crippen molar-refractivity contribution in [1.82, 2.24) is 0 Å². The molecule has 1 aromatic carbocycles. The molecule has 5 heteroatoms. The lowest BCUT2D eigenvalue weighted by Gasteiger charge is -2.04. The Labute approximate surface area is 89.1 Å². The SMILES string of the molecule is N#Cc1cc(N)c(Br)cc1CC(=O)O. The molecule has 4 nitrogen and oxygen atoms in total. The van der Waals surface area contributed by atoms with Gasteiger partial charge in [-0.05, 0) is 33.6 Å². The first-order valence-electron chi connectivity index (χ1n) is 3.74. The molecule has 0 radical (unpaired) electrons. The van der Waals surface area contributed by atoms with Crippen LogP contribution in [0.3, 0.4) is 0 Å². The average Bonchev–Trinajstić information content (AvgIpc) is 2.10. The normalized spacial score (nSPS) is 9.43. The molecule has 0 saturated carbocycles. The zero-order chi connectivity index (χ0) is 10.7. The lowest BCUT2D eigenvalue weighted by atomic mass is 10.0. The van der Waals surface area contributed by atoms with Gasteiger partial charge >= 0.3 is 5.97 Å². The summed E-state index contributed by atoms with van der Waals surface area (Å²) < 4.78 is 0.604. The zero-order valence-electron chi connectivity index (χ0n) is 7.12. The molecule has 1 rings (SSSR count). The van der Waals surface area contributed by atoms with Gasteiger partial charge in [-0.3, -0.25) is 4.79 Å². The van der Waals surface area contributed by atoms with Gasteiger partial charge in [0.1, 0.15) is 0 Å². The largest absolute Gasteiger partial charge is 0.481 e. The van der Waals surface area contributed by atoms with Crippen molar-refractivity contribution in [2.24, 2.45) is 0 Å². The van der Waals surface area contributed by atoms with Gasteiger partial charge in [-0.15, -0.1) is 0 Å². The Hall–Kier alpha value is -1.54. The quantitative estimate of drug-likeness (QED) is 0.784. The van der Waals surface area contributed by atoms with Crippen LogP contribution in [-0.2, 0) is 11.2 Å². The first kappa shape index (κ1) is 10.5. The predicted octanol–water partition coefficient (Wildman–Crippen LogP) is 1.53. The van der Waals surface area contributed by atoms with Crippen LogP contribution in [0.2, 0.25) is 0 Å². The van der Waals surface area contributed by atoms with E-state index >= 15 is 0 Å². The zero-order valence-corrected chi connectivity index (χ0v) is 8.71. The van der Waals surface area contributed by atoms with E-state index in [4.69, 9.17) is 16.1 Å². The van der Waals surface area contributed by atoms with Crippen LogP contribution in [-0.4, -0.2) is 11.1 Å². The molecule has 72 valence electrons. The fraction of sp³-hybridized carbons (Fsp3) is 0.111. The Kier molecular flexibility index (Phi) is 3.10. The Morgan fingerprint density at radius 2 is 2.29 bits per heavy atom. The molecule has 0 atom stereocenters. The van der Waals surface area contributed by atoms with Crippen molar-refractivity contribution in [3.05, 3.63) is 27.7 Å². The van der Waals surface area contributed by atoms with Gasteiger partial charge in [-0.1, -0.05) is 0 Å². The maximum Gasteiger partial charge on any atom is 0.307 e. The first-order chi connectivity index (χ1) is 6.54. The molecule has 0 saturated heterocycles. The van der Waals surface area contributed by atoms with Crippen molar-refractivity contribution in [2.45, 2.75) is 6.42 Å². The number of anilines is 1. The summed E-state index contributed by atoms with van der Waals surface area (Å²) in [5.74, 6) is -0.974. The number of hydrogen-bond donors (Lipinski definition) is 2. The summed E-state index contributed by atoms with van der Waals surface area (Å²) >= 11 is 3.17. The fourth-order valence-corrected chi connectivity index (χ4v) is 1.44. The standard InChI is InChI=1S/C9H7BrN2O2/c10-7-1-5(3-9(13)14)6(4-11)2-8(7)12/h1-2H,3,12H2,(H,13,14). The number of carboxylic acids is 1. The molecule has 0 aliphatic carbocycles. The van der Waals surface area contributed by atoms with Crippen molar-refractivity contribution in [3.63, 3.8) is 0 Å². The van der Waals surface area contributed by atoms with Gasteiger partial charge in [-0.2, -0.15) is 5.26 Å². The summed E-state index contributed by atoms with van der Waals surface area (Å²) in [7, 11) is 0. The number of rotatable bonds is 2. The second-order valence-corrected chi connectivity index (χ2v) is 3.57. The number of nitrogens with two attached hydrogens (primary N) is 1. The van der Waals surface area contributed by atoms with E-state index in [9.17, 15) is 4.79 Å². The fourth-order valence-electron chi connectivity index (χ4n) is 1.04. The Balaban J connectivity index is 3.22. The highest BCUT2D eigenvalue weighted by Gasteiger charge is 2.09. The third-order valence-corrected chi connectivity index (χ3v) is 2.37. The van der Waals surface area contributed by atoms with Crippen LogP contribution in [0.4, 0.5) is 5.69 Å². The molecular weight excluding hydrogens is 248 g/mol. The number of benzene rings is 1. The molecule has 0 heterocycles. The molecule has 0 bridgehead atoms. The maximum atomic E-state index is 10.5. The van der Waals surface area contributed by atoms with Gasteiger partial charge < -0.3 is 10.8 Å². The third kappa shape index (κ3) is 2.24. The minimum atomic E-state index is -0.974. The second kappa shape index (κ2) is 4.11. The predicted molar refractivity (Wildman–Crippen MR) is 54.6 cm³/mol. The van der Waals surface area contributed by atoms with Crippen LogP contribution < -0.4 is 5.73 Å². The van der Waals surface area contributed by atoms with Crippen LogP contribution in [0, 0.1) is 11.3 Å². The molecule has 14 heavy (non-hydrogen) atoms. The van der Waals surface area contributed by atoms with Crippen LogP contribution in [0.5, 0.6) is 0 Å². The van der Waals surface area contributed by atoms with Crippen molar-refractivity contribution in [2.75, 3.05) is 5.73 Å². The van der Waals surface area contributed by atoms with Gasteiger partial charge in [0, 0.05) is 10.2 Å². The second-order valence-electron chi connectivity index (χ2n) is 2.71. The van der Waals surface area contributed by atoms with Crippen molar-refractivity contribution >= 4 is 27.6 Å². The molecule has 0 aliphatic rings. The van der Waals surface area contributed by atoms with Gasteiger partial charge in [-0.25, -0.2) is 0 Å². The third-order valence-electron chi connectivity index (χ3n) is 1.68. The number of carboxylic acid groups (broad SMARTS) is 1. The maximum absolute atomic E-state index is 10.5. The number of halogens is 1. The topological polar surface area (TPSA) is 87.1 Å². The summed E-state index contributed by atoms with van der Waals surface area (Å²) in [5, 5.41) is 17.3. The van der Waals surface area contributed by atoms with E-state index in [0.29, 0.717) is 21.3 Å². The van der Waals surface area contributed by atoms with E-state index in [-0.39, 0.29) is 6.42 Å². The molecule has 0 unspecified atom stereocenters. The van der Waals surface area contributed by atoms with Crippen LogP contribution in [0.25, 0.3) is 0 Å². The van der Waals surface area contributed by atoms with Gasteiger partial charge in [0.2, 0.25) is 0 Å². The number of nitrogen functional groups attached to an aromatic ring is 1. The summed E-state index contributed by atoms with van der Waals surface area (Å²) in [4.78, 5) is 10.5. The summed E-state index contributed by atoms with van der Waals surface area (Å²) in [5.41, 5.74) is 6.74. The van der Waals surface area contributed by atoms with Crippen molar-refractivity contribution in [1.29, 1.82) is 5.26 Å². The minimum absolute atomic E-state index is 0.179. The molecule has 0 aliphatic heterocycles. The molecule has 1 aromatic rings. The lowest BCUT2D eigenvalue weighted by molar-refractivity contribution is -0.136. The Morgan fingerprint density at radius 1 is 1.64 bits per heavy atom. The van der Waals surface area contributed by atoms with E-state index in [1.165, 1.54) is 6.07 Å². The van der Waals surface area contributed by atoms with Gasteiger partial charge in [0.05, 0.1) is 18.1 Å². The van der Waals surface area contributed by atoms with E-state index in [1.54, 1.807) is 6.07 Å². The molecule has 0 aromatic heterocycles. The average molecular weight is 255 g/mol. The van der Waals surface area contributed by atoms with Crippen molar-refractivity contribution < 1.29 is 9.90 Å².